The number of para-hydroxylation sites is 1. The van der Waals surface area contributed by atoms with Crippen molar-refractivity contribution < 1.29 is 18.1 Å². The Labute approximate surface area is 140 Å². The Morgan fingerprint density at radius 1 is 1.23 bits per heavy atom. The van der Waals surface area contributed by atoms with Crippen LogP contribution in [0.2, 0.25) is 0 Å². The molecule has 0 saturated carbocycles. The Morgan fingerprint density at radius 3 is 2.36 bits per heavy atom. The smallest absolute Gasteiger partial charge is 0.289 e. The number of hydrogen-bond acceptors (Lipinski definition) is 5. The van der Waals surface area contributed by atoms with Crippen LogP contribution in [0.25, 0.3) is 0 Å². The van der Waals surface area contributed by atoms with E-state index >= 15 is 0 Å². The summed E-state index contributed by atoms with van der Waals surface area (Å²) in [6.45, 7) is -0.395. The molecule has 0 atom stereocenters. The monoisotopic (exact) mass is 389 g/mol. The molecule has 8 nitrogen and oxygen atoms in total. The largest absolute Gasteiger partial charge is 0.351 e. The third-order valence-corrected chi connectivity index (χ3v) is 4.33. The van der Waals surface area contributed by atoms with Crippen LogP contribution >= 0.6 is 34.8 Å². The predicted octanol–water partition coefficient (Wildman–Crippen LogP) is 1.36. The minimum atomic E-state index is -4.11. The molecule has 0 aliphatic heterocycles. The maximum atomic E-state index is 12.0. The summed E-state index contributed by atoms with van der Waals surface area (Å²) in [7, 11) is -4.11. The molecule has 122 valence electrons. The number of amides is 1. The summed E-state index contributed by atoms with van der Waals surface area (Å²) in [6.07, 6.45) is 0. The van der Waals surface area contributed by atoms with Gasteiger partial charge in [-0.3, -0.25) is 14.9 Å². The van der Waals surface area contributed by atoms with Crippen molar-refractivity contribution in [3.05, 3.63) is 34.4 Å². The van der Waals surface area contributed by atoms with E-state index in [0.29, 0.717) is 0 Å². The zero-order valence-corrected chi connectivity index (χ0v) is 13.8. The van der Waals surface area contributed by atoms with Gasteiger partial charge >= 0.3 is 0 Å². The van der Waals surface area contributed by atoms with E-state index in [9.17, 15) is 23.3 Å². The highest BCUT2D eigenvalue weighted by molar-refractivity contribution is 7.89. The van der Waals surface area contributed by atoms with Crippen molar-refractivity contribution in [2.24, 2.45) is 0 Å². The highest BCUT2D eigenvalue weighted by atomic mass is 35.6. The van der Waals surface area contributed by atoms with Gasteiger partial charge in [-0.2, -0.15) is 0 Å². The molecule has 1 rings (SSSR count). The van der Waals surface area contributed by atoms with Gasteiger partial charge in [0.25, 0.3) is 15.4 Å². The highest BCUT2D eigenvalue weighted by Gasteiger charge is 2.30. The topological polar surface area (TPSA) is 118 Å². The van der Waals surface area contributed by atoms with E-state index in [1.54, 1.807) is 0 Å². The molecule has 0 aromatic heterocycles. The molecule has 1 aromatic carbocycles. The Hall–Kier alpha value is -1.13. The zero-order chi connectivity index (χ0) is 17.0. The Morgan fingerprint density at radius 2 is 1.82 bits per heavy atom. The third-order valence-electron chi connectivity index (χ3n) is 2.31. The van der Waals surface area contributed by atoms with Gasteiger partial charge in [-0.05, 0) is 6.07 Å². The van der Waals surface area contributed by atoms with Crippen LogP contribution in [0.4, 0.5) is 5.69 Å². The van der Waals surface area contributed by atoms with E-state index in [1.165, 1.54) is 12.1 Å². The van der Waals surface area contributed by atoms with Gasteiger partial charge in [0.1, 0.15) is 0 Å². The SMILES string of the molecule is O=C(NCCNS(=O)(=O)c1ccccc1[N+](=O)[O-])C(Cl)(Cl)Cl. The fourth-order valence-corrected chi connectivity index (χ4v) is 2.78. The molecule has 2 N–H and O–H groups in total. The molecule has 0 aliphatic rings. The number of sulfonamides is 1. The number of nitro benzene ring substituents is 1. The van der Waals surface area contributed by atoms with Gasteiger partial charge < -0.3 is 5.32 Å². The van der Waals surface area contributed by atoms with Gasteiger partial charge in [0, 0.05) is 19.2 Å². The van der Waals surface area contributed by atoms with E-state index in [4.69, 9.17) is 34.8 Å². The van der Waals surface area contributed by atoms with Crippen molar-refractivity contribution in [2.75, 3.05) is 13.1 Å². The molecule has 1 aromatic rings. The van der Waals surface area contributed by atoms with E-state index in [1.807, 2.05) is 0 Å². The molecular weight excluding hydrogens is 381 g/mol. The first-order valence-electron chi connectivity index (χ1n) is 5.64. The van der Waals surface area contributed by atoms with Crippen LogP contribution in [-0.2, 0) is 14.8 Å². The Balaban J connectivity index is 2.70. The summed E-state index contributed by atoms with van der Waals surface area (Å²) in [5.41, 5.74) is -0.555. The van der Waals surface area contributed by atoms with Gasteiger partial charge in [0.2, 0.25) is 10.0 Å². The molecule has 12 heteroatoms. The second-order valence-corrected chi connectivity index (χ2v) is 7.89. The first-order chi connectivity index (χ1) is 10.1. The van der Waals surface area contributed by atoms with Crippen LogP contribution in [-0.4, -0.2) is 36.1 Å². The standard InChI is InChI=1S/C10H10Cl3N3O5S/c11-10(12,13)9(17)14-5-6-15-22(20,21)8-4-2-1-3-7(8)16(18)19/h1-4,15H,5-6H2,(H,14,17). The third kappa shape index (κ3) is 5.25. The molecule has 0 bridgehead atoms. The number of carbonyl (C=O) groups is 1. The maximum absolute atomic E-state index is 12.0. The van der Waals surface area contributed by atoms with Gasteiger partial charge in [-0.15, -0.1) is 0 Å². The Bertz CT molecular complexity index is 675. The van der Waals surface area contributed by atoms with Crippen LogP contribution in [0.15, 0.2) is 29.2 Å². The van der Waals surface area contributed by atoms with Crippen LogP contribution in [0.5, 0.6) is 0 Å². The normalized spacial score (nSPS) is 12.0. The van der Waals surface area contributed by atoms with Gasteiger partial charge in [0.15, 0.2) is 4.90 Å². The number of hydrogen-bond donors (Lipinski definition) is 2. The summed E-state index contributed by atoms with van der Waals surface area (Å²) in [6, 6.07) is 4.87. The molecule has 0 saturated heterocycles. The van der Waals surface area contributed by atoms with Crippen LogP contribution in [0, 0.1) is 10.1 Å². The lowest BCUT2D eigenvalue weighted by Crippen LogP contribution is -2.39. The molecule has 1 amide bonds. The summed E-state index contributed by atoms with van der Waals surface area (Å²) in [4.78, 5) is 20.8. The molecule has 0 spiro atoms. The van der Waals surface area contributed by atoms with Gasteiger partial charge in [-0.1, -0.05) is 46.9 Å². The summed E-state index contributed by atoms with van der Waals surface area (Å²) < 4.78 is 23.9. The lowest BCUT2D eigenvalue weighted by molar-refractivity contribution is -0.387. The second kappa shape index (κ2) is 7.42. The van der Waals surface area contributed by atoms with Crippen LogP contribution < -0.4 is 10.0 Å². The number of halogens is 3. The summed E-state index contributed by atoms with van der Waals surface area (Å²) in [5.74, 6) is -0.914. The van der Waals surface area contributed by atoms with Crippen molar-refractivity contribution in [1.82, 2.24) is 10.0 Å². The van der Waals surface area contributed by atoms with E-state index in [2.05, 4.69) is 10.0 Å². The molecular formula is C10H10Cl3N3O5S. The van der Waals surface area contributed by atoms with Crippen molar-refractivity contribution in [2.45, 2.75) is 8.69 Å². The average molecular weight is 391 g/mol. The highest BCUT2D eigenvalue weighted by Crippen LogP contribution is 2.25. The number of carbonyl (C=O) groups excluding carboxylic acids is 1. The molecule has 22 heavy (non-hydrogen) atoms. The number of nitrogens with zero attached hydrogens (tertiary/aromatic N) is 1. The van der Waals surface area contributed by atoms with Crippen molar-refractivity contribution in [3.63, 3.8) is 0 Å². The van der Waals surface area contributed by atoms with Crippen LogP contribution in [0.1, 0.15) is 0 Å². The van der Waals surface area contributed by atoms with E-state index < -0.39 is 35.2 Å². The van der Waals surface area contributed by atoms with Crippen molar-refractivity contribution in [1.29, 1.82) is 0 Å². The summed E-state index contributed by atoms with van der Waals surface area (Å²) in [5, 5.41) is 13.0. The second-order valence-electron chi connectivity index (χ2n) is 3.88. The zero-order valence-electron chi connectivity index (χ0n) is 10.8. The van der Waals surface area contributed by atoms with Gasteiger partial charge in [-0.25, -0.2) is 13.1 Å². The summed E-state index contributed by atoms with van der Waals surface area (Å²) >= 11 is 15.9. The number of alkyl halides is 3. The number of rotatable bonds is 6. The number of nitro groups is 1. The number of benzene rings is 1. The fourth-order valence-electron chi connectivity index (χ4n) is 1.37. The predicted molar refractivity (Wildman–Crippen MR) is 81.6 cm³/mol. The lowest BCUT2D eigenvalue weighted by atomic mass is 10.3. The molecule has 0 fully saturated rings. The van der Waals surface area contributed by atoms with Gasteiger partial charge in [0.05, 0.1) is 4.92 Å². The van der Waals surface area contributed by atoms with E-state index in [-0.39, 0.29) is 13.1 Å². The van der Waals surface area contributed by atoms with Crippen molar-refractivity contribution >= 4 is 56.4 Å². The average Bonchev–Trinajstić information content (AvgIpc) is 2.42. The maximum Gasteiger partial charge on any atom is 0.289 e. The van der Waals surface area contributed by atoms with Crippen molar-refractivity contribution in [3.8, 4) is 0 Å². The minimum absolute atomic E-state index is 0.160. The first kappa shape index (κ1) is 18.9. The first-order valence-corrected chi connectivity index (χ1v) is 8.25. The van der Waals surface area contributed by atoms with Crippen LogP contribution in [0.3, 0.4) is 0 Å². The Kier molecular flexibility index (Phi) is 6.38. The number of nitrogens with one attached hydrogen (secondary N) is 2. The molecule has 0 radical (unpaired) electrons. The van der Waals surface area contributed by atoms with E-state index in [0.717, 1.165) is 12.1 Å². The molecule has 0 aliphatic carbocycles. The minimum Gasteiger partial charge on any atom is -0.351 e. The molecule has 0 heterocycles. The lowest BCUT2D eigenvalue weighted by Gasteiger charge is -2.12. The molecule has 0 unspecified atom stereocenters. The quantitative estimate of drug-likeness (QED) is 0.329. The fraction of sp³-hybridized carbons (Fsp3) is 0.300.